The second-order valence-corrected chi connectivity index (χ2v) is 4.94. The summed E-state index contributed by atoms with van der Waals surface area (Å²) in [7, 11) is 0. The van der Waals surface area contributed by atoms with Crippen molar-refractivity contribution in [2.24, 2.45) is 0 Å². The van der Waals surface area contributed by atoms with Crippen molar-refractivity contribution in [1.82, 2.24) is 10.2 Å². The van der Waals surface area contributed by atoms with Crippen molar-refractivity contribution in [3.63, 3.8) is 0 Å². The van der Waals surface area contributed by atoms with E-state index >= 15 is 0 Å². The predicted molar refractivity (Wildman–Crippen MR) is 63.6 cm³/mol. The fourth-order valence-corrected chi connectivity index (χ4v) is 1.91. The van der Waals surface area contributed by atoms with E-state index in [2.05, 4.69) is 5.32 Å². The third kappa shape index (κ3) is 2.18. The minimum atomic E-state index is -1.19. The third-order valence-electron chi connectivity index (χ3n) is 3.00. The maximum absolute atomic E-state index is 12.0. The van der Waals surface area contributed by atoms with Crippen molar-refractivity contribution in [2.75, 3.05) is 0 Å². The molecule has 1 fully saturated rings. The fourth-order valence-electron chi connectivity index (χ4n) is 1.91. The summed E-state index contributed by atoms with van der Waals surface area (Å²) in [6.07, 6.45) is 0. The first kappa shape index (κ1) is 13.1. The van der Waals surface area contributed by atoms with Crippen molar-refractivity contribution in [1.29, 1.82) is 0 Å². The molecule has 3 amide bonds. The van der Waals surface area contributed by atoms with Crippen LogP contribution in [0, 0.1) is 6.92 Å². The summed E-state index contributed by atoms with van der Waals surface area (Å²) >= 11 is 0. The molecular formula is C12H14N2O5. The first-order valence-corrected chi connectivity index (χ1v) is 5.69. The standard InChI is InChI=1S/C12H14N2O5/c1-6-7(4-8(19-6)9(15)16)5-14-10(17)12(2,3)13-11(14)18/h4H,5H2,1-3H3,(H,13,18)(H,15,16). The second kappa shape index (κ2) is 4.11. The number of hydrogen-bond acceptors (Lipinski definition) is 4. The van der Waals surface area contributed by atoms with Gasteiger partial charge in [-0.05, 0) is 26.8 Å². The molecule has 0 saturated carbocycles. The van der Waals surface area contributed by atoms with Gasteiger partial charge in [-0.2, -0.15) is 0 Å². The summed E-state index contributed by atoms with van der Waals surface area (Å²) in [5, 5.41) is 11.4. The SMILES string of the molecule is Cc1oc(C(=O)O)cc1CN1C(=O)NC(C)(C)C1=O. The topological polar surface area (TPSA) is 99.8 Å². The summed E-state index contributed by atoms with van der Waals surface area (Å²) in [5.74, 6) is -1.37. The first-order chi connectivity index (χ1) is 8.72. The zero-order valence-corrected chi connectivity index (χ0v) is 10.8. The maximum Gasteiger partial charge on any atom is 0.371 e. The van der Waals surface area contributed by atoms with Crippen molar-refractivity contribution in [3.05, 3.63) is 23.2 Å². The summed E-state index contributed by atoms with van der Waals surface area (Å²) in [6.45, 7) is 4.80. The molecule has 2 rings (SSSR count). The monoisotopic (exact) mass is 266 g/mol. The van der Waals surface area contributed by atoms with Gasteiger partial charge in [-0.15, -0.1) is 0 Å². The first-order valence-electron chi connectivity index (χ1n) is 5.69. The highest BCUT2D eigenvalue weighted by atomic mass is 16.4. The van der Waals surface area contributed by atoms with Crippen LogP contribution in [0.2, 0.25) is 0 Å². The highest BCUT2D eigenvalue weighted by molar-refractivity contribution is 6.06. The molecule has 0 spiro atoms. The fraction of sp³-hybridized carbons (Fsp3) is 0.417. The number of aryl methyl sites for hydroxylation is 1. The summed E-state index contributed by atoms with van der Waals surface area (Å²) in [6, 6.07) is 0.830. The number of carbonyl (C=O) groups excluding carboxylic acids is 2. The lowest BCUT2D eigenvalue weighted by atomic mass is 10.1. The zero-order valence-electron chi connectivity index (χ0n) is 10.8. The van der Waals surface area contributed by atoms with Gasteiger partial charge in [0.25, 0.3) is 5.91 Å². The van der Waals surface area contributed by atoms with Gasteiger partial charge in [-0.25, -0.2) is 9.59 Å². The van der Waals surface area contributed by atoms with Gasteiger partial charge in [0.2, 0.25) is 5.76 Å². The number of aromatic carboxylic acids is 1. The Bertz CT molecular complexity index is 573. The third-order valence-corrected chi connectivity index (χ3v) is 3.00. The molecule has 0 aromatic carbocycles. The van der Waals surface area contributed by atoms with E-state index in [1.165, 1.54) is 6.07 Å². The van der Waals surface area contributed by atoms with Crippen molar-refractivity contribution in [3.8, 4) is 0 Å². The molecule has 1 aromatic rings. The normalized spacial score (nSPS) is 17.7. The largest absolute Gasteiger partial charge is 0.475 e. The average Bonchev–Trinajstić information content (AvgIpc) is 2.73. The van der Waals surface area contributed by atoms with E-state index in [0.717, 1.165) is 4.90 Å². The minimum absolute atomic E-state index is 0.00326. The number of carboxylic acids is 1. The van der Waals surface area contributed by atoms with Crippen LogP contribution in [0.5, 0.6) is 0 Å². The number of amides is 3. The molecule has 1 saturated heterocycles. The smallest absolute Gasteiger partial charge is 0.371 e. The number of urea groups is 1. The molecule has 0 aliphatic carbocycles. The number of rotatable bonds is 3. The van der Waals surface area contributed by atoms with Crippen molar-refractivity contribution >= 4 is 17.9 Å². The van der Waals surface area contributed by atoms with Gasteiger partial charge in [0.05, 0.1) is 6.54 Å². The van der Waals surface area contributed by atoms with Crippen LogP contribution in [-0.2, 0) is 11.3 Å². The number of carbonyl (C=O) groups is 3. The molecule has 7 nitrogen and oxygen atoms in total. The Morgan fingerprint density at radius 1 is 1.47 bits per heavy atom. The number of carboxylic acid groups (broad SMARTS) is 1. The highest BCUT2D eigenvalue weighted by Gasteiger charge is 2.44. The predicted octanol–water partition coefficient (Wildman–Crippen LogP) is 1.12. The molecule has 0 radical (unpaired) electrons. The Kier molecular flexibility index (Phi) is 2.84. The van der Waals surface area contributed by atoms with Gasteiger partial charge in [0.15, 0.2) is 0 Å². The lowest BCUT2D eigenvalue weighted by Gasteiger charge is -2.15. The summed E-state index contributed by atoms with van der Waals surface area (Å²) in [5.41, 5.74) is -0.441. The van der Waals surface area contributed by atoms with Crippen molar-refractivity contribution in [2.45, 2.75) is 32.9 Å². The van der Waals surface area contributed by atoms with Crippen LogP contribution < -0.4 is 5.32 Å². The van der Waals surface area contributed by atoms with Gasteiger partial charge in [0.1, 0.15) is 11.3 Å². The number of hydrogen-bond donors (Lipinski definition) is 2. The van der Waals surface area contributed by atoms with E-state index in [0.29, 0.717) is 11.3 Å². The lowest BCUT2D eigenvalue weighted by molar-refractivity contribution is -0.130. The van der Waals surface area contributed by atoms with E-state index in [9.17, 15) is 14.4 Å². The van der Waals surface area contributed by atoms with Gasteiger partial charge in [-0.1, -0.05) is 0 Å². The summed E-state index contributed by atoms with van der Waals surface area (Å²) in [4.78, 5) is 35.5. The van der Waals surface area contributed by atoms with Crippen LogP contribution in [-0.4, -0.2) is 33.5 Å². The second-order valence-electron chi connectivity index (χ2n) is 4.94. The molecule has 0 atom stereocenters. The number of nitrogens with zero attached hydrogens (tertiary/aromatic N) is 1. The highest BCUT2D eigenvalue weighted by Crippen LogP contribution is 2.22. The Morgan fingerprint density at radius 2 is 2.11 bits per heavy atom. The van der Waals surface area contributed by atoms with Crippen LogP contribution in [0.1, 0.15) is 35.7 Å². The molecule has 102 valence electrons. The lowest BCUT2D eigenvalue weighted by Crippen LogP contribution is -2.40. The quantitative estimate of drug-likeness (QED) is 0.798. The van der Waals surface area contributed by atoms with Crippen LogP contribution in [0.3, 0.4) is 0 Å². The minimum Gasteiger partial charge on any atom is -0.475 e. The maximum atomic E-state index is 12.0. The van der Waals surface area contributed by atoms with Crippen LogP contribution in [0.4, 0.5) is 4.79 Å². The molecule has 1 aliphatic rings. The number of imide groups is 1. The van der Waals surface area contributed by atoms with Gasteiger partial charge in [-0.3, -0.25) is 9.69 Å². The molecule has 2 heterocycles. The van der Waals surface area contributed by atoms with E-state index in [1.54, 1.807) is 20.8 Å². The Morgan fingerprint density at radius 3 is 2.53 bits per heavy atom. The van der Waals surface area contributed by atoms with Gasteiger partial charge >= 0.3 is 12.0 Å². The molecule has 0 bridgehead atoms. The van der Waals surface area contributed by atoms with Crippen LogP contribution >= 0.6 is 0 Å². The molecular weight excluding hydrogens is 252 g/mol. The van der Waals surface area contributed by atoms with E-state index in [4.69, 9.17) is 9.52 Å². The summed E-state index contributed by atoms with van der Waals surface area (Å²) < 4.78 is 5.04. The molecule has 19 heavy (non-hydrogen) atoms. The molecule has 1 aromatic heterocycles. The van der Waals surface area contributed by atoms with Gasteiger partial charge < -0.3 is 14.8 Å². The van der Waals surface area contributed by atoms with Crippen LogP contribution in [0.15, 0.2) is 10.5 Å². The van der Waals surface area contributed by atoms with E-state index < -0.39 is 17.5 Å². The number of furan rings is 1. The molecule has 0 unspecified atom stereocenters. The zero-order chi connectivity index (χ0) is 14.4. The number of nitrogens with one attached hydrogen (secondary N) is 1. The Labute approximate surface area is 109 Å². The van der Waals surface area contributed by atoms with Crippen LogP contribution in [0.25, 0.3) is 0 Å². The molecule has 7 heteroatoms. The van der Waals surface area contributed by atoms with E-state index in [1.807, 2.05) is 0 Å². The molecule has 2 N–H and O–H groups in total. The van der Waals surface area contributed by atoms with Gasteiger partial charge in [0, 0.05) is 5.56 Å². The molecule has 1 aliphatic heterocycles. The Balaban J connectivity index is 2.25. The Hall–Kier alpha value is -2.31. The van der Waals surface area contributed by atoms with E-state index in [-0.39, 0.29) is 18.2 Å². The van der Waals surface area contributed by atoms with Crippen molar-refractivity contribution < 1.29 is 23.9 Å². The average molecular weight is 266 g/mol.